The van der Waals surface area contributed by atoms with E-state index in [4.69, 9.17) is 15.3 Å². The van der Waals surface area contributed by atoms with E-state index in [1.807, 2.05) is 37.3 Å². The Hall–Kier alpha value is -3.37. The Morgan fingerprint density at radius 1 is 1.29 bits per heavy atom. The number of aromatic nitrogens is 1. The van der Waals surface area contributed by atoms with Crippen LogP contribution in [0.3, 0.4) is 0 Å². The average Bonchev–Trinajstić information content (AvgIpc) is 3.13. The number of para-hydroxylation sites is 2. The number of likely N-dealkylation sites (tertiary alicyclic amines) is 1. The third-order valence-corrected chi connectivity index (χ3v) is 5.13. The van der Waals surface area contributed by atoms with Crippen LogP contribution in [-0.2, 0) is 0 Å². The van der Waals surface area contributed by atoms with Crippen LogP contribution in [-0.4, -0.2) is 54.3 Å². The van der Waals surface area contributed by atoms with Crippen LogP contribution in [0, 0.1) is 24.2 Å². The van der Waals surface area contributed by atoms with Crippen LogP contribution in [0.15, 0.2) is 46.6 Å². The van der Waals surface area contributed by atoms with Crippen molar-refractivity contribution in [3.63, 3.8) is 0 Å². The molecule has 0 radical (unpaired) electrons. The molecule has 7 nitrogen and oxygen atoms in total. The molecule has 31 heavy (non-hydrogen) atoms. The van der Waals surface area contributed by atoms with Crippen molar-refractivity contribution >= 4 is 11.9 Å². The van der Waals surface area contributed by atoms with Gasteiger partial charge in [0.15, 0.2) is 11.5 Å². The van der Waals surface area contributed by atoms with Crippen LogP contribution in [0.2, 0.25) is 0 Å². The highest BCUT2D eigenvalue weighted by Gasteiger charge is 2.33. The van der Waals surface area contributed by atoms with E-state index in [0.29, 0.717) is 23.4 Å². The average molecular weight is 418 g/mol. The van der Waals surface area contributed by atoms with E-state index in [1.165, 1.54) is 0 Å². The molecule has 1 aromatic heterocycles. The van der Waals surface area contributed by atoms with Crippen LogP contribution in [0.1, 0.15) is 30.7 Å². The third kappa shape index (κ3) is 5.04. The van der Waals surface area contributed by atoms with E-state index in [9.17, 15) is 0 Å². The van der Waals surface area contributed by atoms with E-state index in [0.717, 1.165) is 42.3 Å². The van der Waals surface area contributed by atoms with Crippen molar-refractivity contribution in [2.24, 2.45) is 21.4 Å². The van der Waals surface area contributed by atoms with Gasteiger partial charge in [-0.25, -0.2) is 0 Å². The SMILES string of the molecule is Cc1cc(C#CCN2CC(C)(C)C2)cnc1/C(C=NCC1Oc2ccccc2O1)=N/N. The van der Waals surface area contributed by atoms with E-state index >= 15 is 0 Å². The predicted molar refractivity (Wildman–Crippen MR) is 122 cm³/mol. The number of pyridine rings is 1. The molecule has 0 amide bonds. The lowest BCUT2D eigenvalue weighted by Gasteiger charge is -2.44. The summed E-state index contributed by atoms with van der Waals surface area (Å²) in [7, 11) is 0. The fourth-order valence-electron chi connectivity index (χ4n) is 3.85. The quantitative estimate of drug-likeness (QED) is 0.350. The zero-order valence-electron chi connectivity index (χ0n) is 18.1. The van der Waals surface area contributed by atoms with Gasteiger partial charge in [0.25, 0.3) is 6.29 Å². The molecular weight excluding hydrogens is 390 g/mol. The lowest BCUT2D eigenvalue weighted by atomic mass is 9.84. The van der Waals surface area contributed by atoms with Crippen molar-refractivity contribution in [1.29, 1.82) is 0 Å². The molecule has 1 saturated heterocycles. The van der Waals surface area contributed by atoms with Gasteiger partial charge in [-0.05, 0) is 36.1 Å². The Labute approximate surface area is 183 Å². The minimum atomic E-state index is -0.462. The van der Waals surface area contributed by atoms with Crippen LogP contribution in [0.4, 0.5) is 0 Å². The smallest absolute Gasteiger partial charge is 0.260 e. The zero-order chi connectivity index (χ0) is 21.8. The molecule has 2 aliphatic rings. The second kappa shape index (κ2) is 8.78. The number of nitrogens with two attached hydrogens (primary N) is 1. The molecule has 2 N–H and O–H groups in total. The van der Waals surface area contributed by atoms with Crippen molar-refractivity contribution in [2.75, 3.05) is 26.2 Å². The number of aliphatic imine (C=N–C) groups is 1. The Kier molecular flexibility index (Phi) is 5.92. The van der Waals surface area contributed by atoms with E-state index < -0.39 is 6.29 Å². The van der Waals surface area contributed by atoms with Gasteiger partial charge in [0.1, 0.15) is 12.3 Å². The van der Waals surface area contributed by atoms with Gasteiger partial charge in [0.05, 0.1) is 18.5 Å². The molecule has 0 unspecified atom stereocenters. The van der Waals surface area contributed by atoms with Crippen LogP contribution in [0.25, 0.3) is 0 Å². The molecule has 0 saturated carbocycles. The first-order chi connectivity index (χ1) is 14.9. The Morgan fingerprint density at radius 2 is 2.00 bits per heavy atom. The monoisotopic (exact) mass is 417 g/mol. The van der Waals surface area contributed by atoms with Gasteiger partial charge in [-0.3, -0.25) is 14.9 Å². The lowest BCUT2D eigenvalue weighted by Crippen LogP contribution is -2.52. The van der Waals surface area contributed by atoms with Crippen molar-refractivity contribution in [3.05, 3.63) is 53.3 Å². The first-order valence-corrected chi connectivity index (χ1v) is 10.3. The summed E-state index contributed by atoms with van der Waals surface area (Å²) in [5, 5.41) is 3.85. The summed E-state index contributed by atoms with van der Waals surface area (Å²) < 4.78 is 11.4. The lowest BCUT2D eigenvalue weighted by molar-refractivity contribution is 0.0443. The largest absolute Gasteiger partial charge is 0.449 e. The zero-order valence-corrected chi connectivity index (χ0v) is 18.1. The highest BCUT2D eigenvalue weighted by Crippen LogP contribution is 2.33. The molecule has 7 heteroatoms. The molecule has 0 bridgehead atoms. The second-order valence-electron chi connectivity index (χ2n) is 8.62. The third-order valence-electron chi connectivity index (χ3n) is 5.13. The molecular formula is C24H27N5O2. The van der Waals surface area contributed by atoms with Crippen LogP contribution in [0.5, 0.6) is 11.5 Å². The van der Waals surface area contributed by atoms with Gasteiger partial charge >= 0.3 is 0 Å². The van der Waals surface area contributed by atoms with Crippen molar-refractivity contribution in [2.45, 2.75) is 27.1 Å². The summed E-state index contributed by atoms with van der Waals surface area (Å²) in [6, 6.07) is 9.54. The first-order valence-electron chi connectivity index (χ1n) is 10.3. The number of rotatable bonds is 5. The normalized spacial score (nSPS) is 18.0. The number of hydrogen-bond acceptors (Lipinski definition) is 7. The van der Waals surface area contributed by atoms with E-state index in [1.54, 1.807) is 12.4 Å². The Balaban J connectivity index is 1.34. The molecule has 2 aromatic rings. The maximum Gasteiger partial charge on any atom is 0.260 e. The minimum absolute atomic E-state index is 0.323. The number of ether oxygens (including phenoxy) is 2. The molecule has 2 aliphatic heterocycles. The number of hydrogen-bond donors (Lipinski definition) is 1. The standard InChI is InChI=1S/C24H27N5O2/c1-17-11-18(7-6-10-29-15-24(2,3)16-29)12-27-23(17)19(28-25)13-26-14-22-30-20-8-4-5-9-21(20)31-22/h4-5,8-9,11-13,22H,10,14-16,25H2,1-3H3/b26-13?,28-19+. The highest BCUT2D eigenvalue weighted by molar-refractivity contribution is 6.37. The summed E-state index contributed by atoms with van der Waals surface area (Å²) in [6.07, 6.45) is 2.88. The first kappa shape index (κ1) is 20.9. The maximum atomic E-state index is 5.70. The van der Waals surface area contributed by atoms with Crippen LogP contribution < -0.4 is 15.3 Å². The fraction of sp³-hybridized carbons (Fsp3) is 0.375. The van der Waals surface area contributed by atoms with Gasteiger partial charge in [-0.2, -0.15) is 5.10 Å². The highest BCUT2D eigenvalue weighted by atomic mass is 16.7. The van der Waals surface area contributed by atoms with Gasteiger partial charge in [-0.1, -0.05) is 37.8 Å². The molecule has 160 valence electrons. The minimum Gasteiger partial charge on any atom is -0.449 e. The molecule has 3 heterocycles. The summed E-state index contributed by atoms with van der Waals surface area (Å²) in [5.41, 5.74) is 3.40. The van der Waals surface area contributed by atoms with Crippen molar-refractivity contribution < 1.29 is 9.47 Å². The number of hydrazone groups is 1. The molecule has 1 aromatic carbocycles. The Morgan fingerprint density at radius 3 is 2.61 bits per heavy atom. The van der Waals surface area contributed by atoms with E-state index in [2.05, 4.69) is 45.7 Å². The Bertz CT molecular complexity index is 1050. The number of aryl methyl sites for hydroxylation is 1. The van der Waals surface area contributed by atoms with Crippen LogP contribution >= 0.6 is 0 Å². The topological polar surface area (TPSA) is 85.3 Å². The predicted octanol–water partition coefficient (Wildman–Crippen LogP) is 2.61. The maximum absolute atomic E-state index is 5.70. The number of nitrogens with zero attached hydrogens (tertiary/aromatic N) is 4. The number of benzene rings is 1. The molecule has 1 fully saturated rings. The molecule has 0 atom stereocenters. The molecule has 0 aliphatic carbocycles. The van der Waals surface area contributed by atoms with Gasteiger partial charge in [0.2, 0.25) is 0 Å². The summed E-state index contributed by atoms with van der Waals surface area (Å²) in [4.78, 5) is 11.2. The van der Waals surface area contributed by atoms with Crippen molar-refractivity contribution in [1.82, 2.24) is 9.88 Å². The van der Waals surface area contributed by atoms with Gasteiger partial charge in [-0.15, -0.1) is 0 Å². The summed E-state index contributed by atoms with van der Waals surface area (Å²) in [6.45, 7) is 9.80. The fourth-order valence-corrected chi connectivity index (χ4v) is 3.85. The summed E-state index contributed by atoms with van der Waals surface area (Å²) >= 11 is 0. The van der Waals surface area contributed by atoms with Crippen molar-refractivity contribution in [3.8, 4) is 23.3 Å². The number of fused-ring (bicyclic) bond motifs is 1. The van der Waals surface area contributed by atoms with Gasteiger partial charge < -0.3 is 15.3 Å². The van der Waals surface area contributed by atoms with Gasteiger partial charge in [0, 0.05) is 24.8 Å². The second-order valence-corrected chi connectivity index (χ2v) is 8.62. The molecule has 0 spiro atoms. The summed E-state index contributed by atoms with van der Waals surface area (Å²) in [5.74, 6) is 13.5. The molecule has 4 rings (SSSR count). The van der Waals surface area contributed by atoms with E-state index in [-0.39, 0.29) is 0 Å².